The Kier molecular flexibility index (Phi) is 9.23. The maximum Gasteiger partial charge on any atom is 0.371 e. The van der Waals surface area contributed by atoms with Crippen LogP contribution in [0.4, 0.5) is 0 Å². The summed E-state index contributed by atoms with van der Waals surface area (Å²) in [6.45, 7) is 1.81. The number of aryl methyl sites for hydroxylation is 1. The van der Waals surface area contributed by atoms with Gasteiger partial charge < -0.3 is 29.7 Å². The van der Waals surface area contributed by atoms with Gasteiger partial charge in [-0.05, 0) is 55.0 Å². The third-order valence-electron chi connectivity index (χ3n) is 5.81. The number of furan rings is 1. The van der Waals surface area contributed by atoms with Gasteiger partial charge in [0.05, 0.1) is 10.8 Å². The van der Waals surface area contributed by atoms with Crippen molar-refractivity contribution in [2.75, 3.05) is 0 Å². The van der Waals surface area contributed by atoms with Crippen LogP contribution in [0.25, 0.3) is 21.8 Å². The van der Waals surface area contributed by atoms with Crippen LogP contribution in [0.2, 0.25) is 0 Å². The van der Waals surface area contributed by atoms with E-state index >= 15 is 0 Å². The van der Waals surface area contributed by atoms with E-state index in [4.69, 9.17) is 19.7 Å². The molecule has 41 heavy (non-hydrogen) atoms. The zero-order valence-corrected chi connectivity index (χ0v) is 22.5. The molecule has 6 aromatic rings. The molecule has 2 aromatic carbocycles. The Balaban J connectivity index is 0.000000143. The number of hydrogen-bond acceptors (Lipinski definition) is 6. The van der Waals surface area contributed by atoms with Crippen molar-refractivity contribution in [2.45, 2.75) is 17.7 Å². The molecule has 0 amide bonds. The lowest BCUT2D eigenvalue weighted by molar-refractivity contribution is 0.0656. The first-order chi connectivity index (χ1) is 19.7. The number of H-pyrrole nitrogens is 2. The monoisotopic (exact) mass is 571 g/mol. The second kappa shape index (κ2) is 13.2. The van der Waals surface area contributed by atoms with Crippen LogP contribution < -0.4 is 0 Å². The predicted molar refractivity (Wildman–Crippen MR) is 155 cm³/mol. The van der Waals surface area contributed by atoms with E-state index < -0.39 is 17.9 Å². The van der Waals surface area contributed by atoms with E-state index in [0.717, 1.165) is 32.4 Å². The Morgan fingerprint density at radius 3 is 2.12 bits per heavy atom. The summed E-state index contributed by atoms with van der Waals surface area (Å²) in [7, 11) is 0. The van der Waals surface area contributed by atoms with Crippen molar-refractivity contribution in [2.24, 2.45) is 0 Å². The van der Waals surface area contributed by atoms with Crippen LogP contribution in [0.5, 0.6) is 0 Å². The highest BCUT2D eigenvalue weighted by Gasteiger charge is 2.12. The number of aromatic amines is 2. The van der Waals surface area contributed by atoms with E-state index in [2.05, 4.69) is 15.0 Å². The summed E-state index contributed by atoms with van der Waals surface area (Å²) in [5.74, 6) is -1.71. The molecule has 11 heteroatoms. The number of pyridine rings is 1. The SMILES string of the molecule is Cc1c(C(=O)O)[nH]c2ccccc12.O=C(O)c1cc2ccccc2[nH]1.O=C(O)c1ccc(CSc2ccccn2)o1. The second-order valence-corrected chi connectivity index (χ2v) is 9.57. The van der Waals surface area contributed by atoms with Crippen LogP contribution >= 0.6 is 11.8 Å². The van der Waals surface area contributed by atoms with Gasteiger partial charge in [-0.3, -0.25) is 0 Å². The van der Waals surface area contributed by atoms with Crippen molar-refractivity contribution in [3.63, 3.8) is 0 Å². The number of nitrogens with zero attached hydrogens (tertiary/aromatic N) is 1. The lowest BCUT2D eigenvalue weighted by Gasteiger charge is -1.96. The van der Waals surface area contributed by atoms with Crippen LogP contribution in [-0.4, -0.2) is 48.2 Å². The number of rotatable bonds is 6. The summed E-state index contributed by atoms with van der Waals surface area (Å²) in [5, 5.41) is 28.9. The summed E-state index contributed by atoms with van der Waals surface area (Å²) < 4.78 is 5.12. The summed E-state index contributed by atoms with van der Waals surface area (Å²) in [4.78, 5) is 41.7. The number of thioether (sulfide) groups is 1. The van der Waals surface area contributed by atoms with Gasteiger partial charge in [-0.15, -0.1) is 0 Å². The minimum Gasteiger partial charge on any atom is -0.477 e. The van der Waals surface area contributed by atoms with Gasteiger partial charge in [-0.25, -0.2) is 19.4 Å². The lowest BCUT2D eigenvalue weighted by Crippen LogP contribution is -1.97. The van der Waals surface area contributed by atoms with Crippen LogP contribution in [0.3, 0.4) is 0 Å². The van der Waals surface area contributed by atoms with Gasteiger partial charge in [0, 0.05) is 28.0 Å². The maximum absolute atomic E-state index is 10.8. The minimum atomic E-state index is -1.05. The molecule has 5 N–H and O–H groups in total. The van der Waals surface area contributed by atoms with E-state index in [1.807, 2.05) is 73.7 Å². The molecule has 6 rings (SSSR count). The average molecular weight is 572 g/mol. The standard InChI is InChI=1S/C11H9NO3S.C10H9NO2.C9H7NO2/c13-11(14)9-5-4-8(15-9)7-16-10-3-1-2-6-12-10;1-6-7-4-2-3-5-8(7)11-9(6)10(12)13;11-9(12)8-5-6-3-1-2-4-7(6)10-8/h1-6H,7H2,(H,13,14);2-5,11H,1H3,(H,12,13);1-5,10H,(H,11,12). The summed E-state index contributed by atoms with van der Waals surface area (Å²) >= 11 is 1.50. The van der Waals surface area contributed by atoms with Crippen molar-refractivity contribution < 1.29 is 34.1 Å². The highest BCUT2D eigenvalue weighted by atomic mass is 32.2. The van der Waals surface area contributed by atoms with Crippen molar-refractivity contribution in [1.82, 2.24) is 15.0 Å². The molecule has 4 aromatic heterocycles. The molecule has 0 fully saturated rings. The Bertz CT molecular complexity index is 1770. The van der Waals surface area contributed by atoms with E-state index in [1.165, 1.54) is 17.8 Å². The molecule has 0 aliphatic rings. The van der Waals surface area contributed by atoms with Crippen LogP contribution in [0.1, 0.15) is 42.9 Å². The van der Waals surface area contributed by atoms with Gasteiger partial charge >= 0.3 is 17.9 Å². The fraction of sp³-hybridized carbons (Fsp3) is 0.0667. The molecule has 0 spiro atoms. The molecule has 208 valence electrons. The molecular weight excluding hydrogens is 546 g/mol. The molecule has 0 atom stereocenters. The van der Waals surface area contributed by atoms with E-state index in [-0.39, 0.29) is 17.1 Å². The third-order valence-corrected chi connectivity index (χ3v) is 6.78. The quantitative estimate of drug-likeness (QED) is 0.136. The first-order valence-electron chi connectivity index (χ1n) is 12.2. The van der Waals surface area contributed by atoms with Crippen LogP contribution in [-0.2, 0) is 5.75 Å². The Morgan fingerprint density at radius 1 is 0.805 bits per heavy atom. The van der Waals surface area contributed by atoms with Gasteiger partial charge in [0.15, 0.2) is 0 Å². The molecule has 0 bridgehead atoms. The van der Waals surface area contributed by atoms with Crippen molar-refractivity contribution in [3.8, 4) is 0 Å². The smallest absolute Gasteiger partial charge is 0.371 e. The number of carboxylic acid groups (broad SMARTS) is 3. The number of nitrogens with one attached hydrogen (secondary N) is 2. The Labute approximate surface area is 237 Å². The molecule has 0 saturated heterocycles. The third kappa shape index (κ3) is 7.43. The number of aromatic nitrogens is 3. The number of carboxylic acids is 3. The fourth-order valence-corrected chi connectivity index (χ4v) is 4.59. The Hall–Kier alpha value is -5.29. The molecule has 0 radical (unpaired) electrons. The molecule has 10 nitrogen and oxygen atoms in total. The summed E-state index contributed by atoms with van der Waals surface area (Å²) in [5.41, 5.74) is 3.04. The average Bonchev–Trinajstić information content (AvgIpc) is 3.71. The molecule has 0 unspecified atom stereocenters. The van der Waals surface area contributed by atoms with Crippen LogP contribution in [0, 0.1) is 6.92 Å². The van der Waals surface area contributed by atoms with E-state index in [0.29, 0.717) is 11.5 Å². The number of fused-ring (bicyclic) bond motifs is 2. The summed E-state index contributed by atoms with van der Waals surface area (Å²) in [6, 6.07) is 25.4. The lowest BCUT2D eigenvalue weighted by atomic mass is 10.1. The molecule has 4 heterocycles. The highest BCUT2D eigenvalue weighted by Crippen LogP contribution is 2.22. The fourth-order valence-electron chi connectivity index (χ4n) is 3.83. The number of carbonyl (C=O) groups is 3. The molecular formula is C30H25N3O7S. The predicted octanol–water partition coefficient (Wildman–Crippen LogP) is 6.71. The van der Waals surface area contributed by atoms with Crippen molar-refractivity contribution >= 4 is 51.5 Å². The zero-order valence-electron chi connectivity index (χ0n) is 21.7. The van der Waals surface area contributed by atoms with E-state index in [1.54, 1.807) is 18.3 Å². The molecule has 0 aliphatic carbocycles. The maximum atomic E-state index is 10.8. The topological polar surface area (TPSA) is 170 Å². The van der Waals surface area contributed by atoms with Gasteiger partial charge in [0.1, 0.15) is 17.1 Å². The second-order valence-electron chi connectivity index (χ2n) is 8.58. The van der Waals surface area contributed by atoms with Crippen molar-refractivity contribution in [1.29, 1.82) is 0 Å². The molecule has 0 saturated carbocycles. The number of benzene rings is 2. The zero-order chi connectivity index (χ0) is 29.4. The highest BCUT2D eigenvalue weighted by molar-refractivity contribution is 7.98. The first-order valence-corrected chi connectivity index (χ1v) is 13.2. The van der Waals surface area contributed by atoms with Crippen LogP contribution in [0.15, 0.2) is 101 Å². The van der Waals surface area contributed by atoms with E-state index in [9.17, 15) is 14.4 Å². The normalized spacial score (nSPS) is 10.4. The largest absolute Gasteiger partial charge is 0.477 e. The number of hydrogen-bond donors (Lipinski definition) is 5. The first kappa shape index (κ1) is 28.7. The van der Waals surface area contributed by atoms with Gasteiger partial charge in [-0.1, -0.05) is 54.2 Å². The van der Waals surface area contributed by atoms with Crippen molar-refractivity contribution in [3.05, 3.63) is 120 Å². The minimum absolute atomic E-state index is 0.0309. The summed E-state index contributed by atoms with van der Waals surface area (Å²) in [6.07, 6.45) is 1.72. The Morgan fingerprint density at radius 2 is 1.51 bits per heavy atom. The number of para-hydroxylation sites is 2. The number of aromatic carboxylic acids is 3. The van der Waals surface area contributed by atoms with Gasteiger partial charge in [0.25, 0.3) is 0 Å². The molecule has 0 aliphatic heterocycles. The van der Waals surface area contributed by atoms with Gasteiger partial charge in [0.2, 0.25) is 5.76 Å². The van der Waals surface area contributed by atoms with Gasteiger partial charge in [-0.2, -0.15) is 0 Å².